The van der Waals surface area contributed by atoms with Crippen molar-refractivity contribution in [3.05, 3.63) is 53.3 Å². The van der Waals surface area contributed by atoms with Gasteiger partial charge in [-0.15, -0.1) is 0 Å². The van der Waals surface area contributed by atoms with Crippen molar-refractivity contribution in [1.82, 2.24) is 9.80 Å². The number of Topliss-reactive ketones (excluding diaryl/α,β-unsaturated/α-hetero) is 1. The van der Waals surface area contributed by atoms with E-state index in [9.17, 15) is 14.0 Å². The first-order chi connectivity index (χ1) is 16.4. The van der Waals surface area contributed by atoms with Crippen LogP contribution in [0.4, 0.5) is 10.1 Å². The van der Waals surface area contributed by atoms with Gasteiger partial charge in [0.05, 0.1) is 32.5 Å². The molecule has 2 aliphatic rings. The highest BCUT2D eigenvalue weighted by Gasteiger charge is 2.33. The van der Waals surface area contributed by atoms with Crippen molar-refractivity contribution < 1.29 is 23.5 Å². The topological polar surface area (TPSA) is 62.3 Å². The Bertz CT molecular complexity index is 1050. The molecule has 0 bridgehead atoms. The summed E-state index contributed by atoms with van der Waals surface area (Å²) in [6.45, 7) is 5.09. The fourth-order valence-electron chi connectivity index (χ4n) is 4.89. The van der Waals surface area contributed by atoms with E-state index < -0.39 is 0 Å². The summed E-state index contributed by atoms with van der Waals surface area (Å²) in [5.41, 5.74) is 1.88. The Kier molecular flexibility index (Phi) is 7.36. The van der Waals surface area contributed by atoms with Gasteiger partial charge in [0.25, 0.3) is 0 Å². The van der Waals surface area contributed by atoms with E-state index in [1.807, 2.05) is 28.0 Å². The van der Waals surface area contributed by atoms with E-state index in [-0.39, 0.29) is 23.5 Å². The smallest absolute Gasteiger partial charge is 0.237 e. The molecular weight excluding hydrogens is 437 g/mol. The molecule has 0 saturated carbocycles. The first kappa shape index (κ1) is 24.0. The number of nitrogens with zero attached hydrogens (tertiary/aromatic N) is 3. The highest BCUT2D eigenvalue weighted by Crippen LogP contribution is 2.38. The van der Waals surface area contributed by atoms with Crippen molar-refractivity contribution in [3.63, 3.8) is 0 Å². The number of amides is 1. The van der Waals surface area contributed by atoms with E-state index in [0.717, 1.165) is 36.4 Å². The third-order valence-corrected chi connectivity index (χ3v) is 6.80. The highest BCUT2D eigenvalue weighted by molar-refractivity contribution is 5.94. The average Bonchev–Trinajstić information content (AvgIpc) is 3.34. The Balaban J connectivity index is 1.37. The van der Waals surface area contributed by atoms with E-state index in [1.165, 1.54) is 13.0 Å². The molecule has 1 atom stereocenters. The molecule has 2 fully saturated rings. The fourth-order valence-corrected chi connectivity index (χ4v) is 4.89. The van der Waals surface area contributed by atoms with Gasteiger partial charge < -0.3 is 19.3 Å². The minimum Gasteiger partial charge on any atom is -0.497 e. The van der Waals surface area contributed by atoms with Crippen LogP contribution >= 0.6 is 0 Å². The number of ether oxygens (including phenoxy) is 2. The van der Waals surface area contributed by atoms with Gasteiger partial charge in [0, 0.05) is 49.9 Å². The molecule has 34 heavy (non-hydrogen) atoms. The number of rotatable bonds is 7. The van der Waals surface area contributed by atoms with Crippen molar-refractivity contribution >= 4 is 17.4 Å². The quantitative estimate of drug-likeness (QED) is 0.578. The van der Waals surface area contributed by atoms with Crippen LogP contribution in [0.5, 0.6) is 11.5 Å². The minimum atomic E-state index is -0.384. The van der Waals surface area contributed by atoms with E-state index in [0.29, 0.717) is 44.0 Å². The fraction of sp³-hybridized carbons (Fsp3) is 0.462. The van der Waals surface area contributed by atoms with Crippen LogP contribution < -0.4 is 14.4 Å². The number of benzene rings is 2. The summed E-state index contributed by atoms with van der Waals surface area (Å²) in [7, 11) is 3.25. The second-order valence-electron chi connectivity index (χ2n) is 8.84. The molecule has 0 N–H and O–H groups in total. The zero-order valence-corrected chi connectivity index (χ0v) is 20.1. The summed E-state index contributed by atoms with van der Waals surface area (Å²) in [6, 6.07) is 10.4. The average molecular weight is 470 g/mol. The van der Waals surface area contributed by atoms with Gasteiger partial charge in [-0.3, -0.25) is 14.5 Å². The summed E-state index contributed by atoms with van der Waals surface area (Å²) < 4.78 is 25.4. The second-order valence-corrected chi connectivity index (χ2v) is 8.84. The normalized spacial score (nSPS) is 18.8. The Labute approximate surface area is 200 Å². The van der Waals surface area contributed by atoms with E-state index in [1.54, 1.807) is 26.4 Å². The minimum absolute atomic E-state index is 0.0106. The number of hydrogen-bond acceptors (Lipinski definition) is 6. The number of anilines is 1. The summed E-state index contributed by atoms with van der Waals surface area (Å²) in [5, 5.41) is 0. The monoisotopic (exact) mass is 469 g/mol. The molecular formula is C26H32FN3O4. The van der Waals surface area contributed by atoms with E-state index >= 15 is 0 Å². The number of halogens is 1. The summed E-state index contributed by atoms with van der Waals surface area (Å²) in [5.74, 6) is 1.02. The molecule has 2 aromatic carbocycles. The molecule has 182 valence electrons. The number of ketones is 1. The lowest BCUT2D eigenvalue weighted by Crippen LogP contribution is -2.50. The lowest BCUT2D eigenvalue weighted by molar-refractivity contribution is -0.133. The summed E-state index contributed by atoms with van der Waals surface area (Å²) in [4.78, 5) is 30.8. The Hall–Kier alpha value is -3.13. The molecule has 0 radical (unpaired) electrons. The predicted molar refractivity (Wildman–Crippen MR) is 128 cm³/mol. The van der Waals surface area contributed by atoms with Gasteiger partial charge in [-0.25, -0.2) is 4.39 Å². The van der Waals surface area contributed by atoms with Crippen molar-refractivity contribution in [2.75, 3.05) is 58.4 Å². The van der Waals surface area contributed by atoms with Gasteiger partial charge >= 0.3 is 0 Å². The largest absolute Gasteiger partial charge is 0.497 e. The molecule has 1 amide bonds. The van der Waals surface area contributed by atoms with Gasteiger partial charge in [0.15, 0.2) is 5.78 Å². The lowest BCUT2D eigenvalue weighted by atomic mass is 10.0. The third-order valence-electron chi connectivity index (χ3n) is 6.80. The molecule has 2 aliphatic heterocycles. The number of carbonyl (C=O) groups excluding carboxylic acids is 2. The van der Waals surface area contributed by atoms with Gasteiger partial charge in [-0.05, 0) is 50.1 Å². The van der Waals surface area contributed by atoms with Crippen LogP contribution in [0.2, 0.25) is 0 Å². The molecule has 8 heteroatoms. The number of piperazine rings is 1. The Morgan fingerprint density at radius 2 is 1.76 bits per heavy atom. The second kappa shape index (κ2) is 10.4. The van der Waals surface area contributed by atoms with Crippen LogP contribution in [-0.4, -0.2) is 75.0 Å². The van der Waals surface area contributed by atoms with E-state index in [4.69, 9.17) is 9.47 Å². The Morgan fingerprint density at radius 1 is 1.00 bits per heavy atom. The van der Waals surface area contributed by atoms with Gasteiger partial charge in [-0.1, -0.05) is 0 Å². The zero-order valence-electron chi connectivity index (χ0n) is 20.1. The third kappa shape index (κ3) is 5.01. The molecule has 2 saturated heterocycles. The zero-order chi connectivity index (χ0) is 24.2. The first-order valence-electron chi connectivity index (χ1n) is 11.7. The molecule has 7 nitrogen and oxygen atoms in total. The number of carbonyl (C=O) groups is 2. The predicted octanol–water partition coefficient (Wildman–Crippen LogP) is 3.53. The van der Waals surface area contributed by atoms with Crippen molar-refractivity contribution in [3.8, 4) is 11.5 Å². The van der Waals surface area contributed by atoms with Crippen molar-refractivity contribution in [2.45, 2.75) is 25.8 Å². The van der Waals surface area contributed by atoms with Crippen LogP contribution in [-0.2, 0) is 4.79 Å². The van der Waals surface area contributed by atoms with Gasteiger partial charge in [0.1, 0.15) is 17.3 Å². The molecule has 4 rings (SSSR count). The summed E-state index contributed by atoms with van der Waals surface area (Å²) >= 11 is 0. The summed E-state index contributed by atoms with van der Waals surface area (Å²) in [6.07, 6.45) is 1.85. The van der Waals surface area contributed by atoms with Crippen LogP contribution in [0.1, 0.15) is 41.7 Å². The standard InChI is InChI=1S/C26H32FN3O4/c1-18(31)19-6-9-24(22(27)15-19)29-13-11-28(12-14-29)17-26(32)30-10-4-5-23(30)21-8-7-20(33-2)16-25(21)34-3/h6-9,15-16,23H,4-5,10-14,17H2,1-3H3. The molecule has 1 unspecified atom stereocenters. The van der Waals surface area contributed by atoms with Gasteiger partial charge in [0.2, 0.25) is 5.91 Å². The maximum absolute atomic E-state index is 14.5. The maximum atomic E-state index is 14.5. The number of methoxy groups -OCH3 is 2. The highest BCUT2D eigenvalue weighted by atomic mass is 19.1. The van der Waals surface area contributed by atoms with Crippen LogP contribution in [0.3, 0.4) is 0 Å². The number of likely N-dealkylation sites (tertiary alicyclic amines) is 1. The van der Waals surface area contributed by atoms with Crippen molar-refractivity contribution in [2.24, 2.45) is 0 Å². The van der Waals surface area contributed by atoms with Crippen LogP contribution in [0.15, 0.2) is 36.4 Å². The van der Waals surface area contributed by atoms with Crippen LogP contribution in [0, 0.1) is 5.82 Å². The van der Waals surface area contributed by atoms with Crippen molar-refractivity contribution in [1.29, 1.82) is 0 Å². The first-order valence-corrected chi connectivity index (χ1v) is 11.7. The maximum Gasteiger partial charge on any atom is 0.237 e. The van der Waals surface area contributed by atoms with Gasteiger partial charge in [-0.2, -0.15) is 0 Å². The Morgan fingerprint density at radius 3 is 2.41 bits per heavy atom. The SMILES string of the molecule is COc1ccc(C2CCCN2C(=O)CN2CCN(c3ccc(C(C)=O)cc3F)CC2)c(OC)c1. The molecule has 0 aliphatic carbocycles. The van der Waals surface area contributed by atoms with E-state index in [2.05, 4.69) is 4.90 Å². The molecule has 2 heterocycles. The lowest BCUT2D eigenvalue weighted by Gasteiger charge is -2.37. The molecule has 0 spiro atoms. The van der Waals surface area contributed by atoms with Crippen LogP contribution in [0.25, 0.3) is 0 Å². The number of hydrogen-bond donors (Lipinski definition) is 0. The molecule has 2 aromatic rings. The molecule has 0 aromatic heterocycles.